The lowest BCUT2D eigenvalue weighted by molar-refractivity contribution is -0.141. The van der Waals surface area contributed by atoms with E-state index in [9.17, 15) is 9.59 Å². The van der Waals surface area contributed by atoms with Crippen LogP contribution in [0.3, 0.4) is 0 Å². The van der Waals surface area contributed by atoms with Gasteiger partial charge in [0.2, 0.25) is 11.8 Å². The maximum atomic E-state index is 13.5. The summed E-state index contributed by atoms with van der Waals surface area (Å²) >= 11 is 12.8. The third kappa shape index (κ3) is 6.49. The van der Waals surface area contributed by atoms with E-state index in [1.165, 1.54) is 0 Å². The van der Waals surface area contributed by atoms with E-state index in [2.05, 4.69) is 23.5 Å². The maximum absolute atomic E-state index is 13.5. The number of rotatable bonds is 7. The lowest BCUT2D eigenvalue weighted by atomic mass is 10.0. The molecule has 174 valence electrons. The Hall–Kier alpha value is -2.56. The average molecular weight is 485 g/mol. The molecule has 33 heavy (non-hydrogen) atoms. The predicted molar refractivity (Wildman–Crippen MR) is 137 cm³/mol. The second kappa shape index (κ2) is 10.6. The Kier molecular flexibility index (Phi) is 8.04. The highest BCUT2D eigenvalue weighted by Crippen LogP contribution is 2.27. The van der Waals surface area contributed by atoms with E-state index in [0.717, 1.165) is 16.3 Å². The van der Waals surface area contributed by atoms with E-state index < -0.39 is 11.6 Å². The van der Waals surface area contributed by atoms with Crippen molar-refractivity contribution in [1.82, 2.24) is 10.2 Å². The summed E-state index contributed by atoms with van der Waals surface area (Å²) in [4.78, 5) is 28.0. The van der Waals surface area contributed by atoms with Crippen LogP contribution in [-0.4, -0.2) is 28.3 Å². The number of amides is 2. The minimum atomic E-state index is -0.684. The van der Waals surface area contributed by atoms with Crippen molar-refractivity contribution in [3.8, 4) is 0 Å². The van der Waals surface area contributed by atoms with Crippen molar-refractivity contribution >= 4 is 45.8 Å². The summed E-state index contributed by atoms with van der Waals surface area (Å²) in [6.45, 7) is 7.63. The third-order valence-corrected chi connectivity index (χ3v) is 6.25. The zero-order valence-corrected chi connectivity index (χ0v) is 21.0. The Bertz CT molecular complexity index is 1130. The number of halogens is 2. The summed E-state index contributed by atoms with van der Waals surface area (Å²) in [5.74, 6) is -0.348. The Balaban J connectivity index is 1.85. The van der Waals surface area contributed by atoms with Crippen LogP contribution in [0.25, 0.3) is 10.8 Å². The highest BCUT2D eigenvalue weighted by Gasteiger charge is 2.29. The summed E-state index contributed by atoms with van der Waals surface area (Å²) in [5.41, 5.74) is 1.32. The van der Waals surface area contributed by atoms with Crippen molar-refractivity contribution in [2.75, 3.05) is 0 Å². The highest BCUT2D eigenvalue weighted by atomic mass is 35.5. The van der Waals surface area contributed by atoms with E-state index in [-0.39, 0.29) is 24.8 Å². The first-order chi connectivity index (χ1) is 15.6. The fourth-order valence-electron chi connectivity index (χ4n) is 3.81. The van der Waals surface area contributed by atoms with E-state index >= 15 is 0 Å². The van der Waals surface area contributed by atoms with Crippen molar-refractivity contribution in [2.24, 2.45) is 0 Å². The molecule has 1 atom stereocenters. The van der Waals surface area contributed by atoms with Gasteiger partial charge in [0.05, 0.1) is 0 Å². The summed E-state index contributed by atoms with van der Waals surface area (Å²) < 4.78 is 0. The van der Waals surface area contributed by atoms with Gasteiger partial charge in [0.25, 0.3) is 0 Å². The molecule has 3 aromatic carbocycles. The van der Waals surface area contributed by atoms with Crippen molar-refractivity contribution in [3.05, 3.63) is 81.8 Å². The molecule has 0 fully saturated rings. The van der Waals surface area contributed by atoms with Gasteiger partial charge in [-0.2, -0.15) is 0 Å². The monoisotopic (exact) mass is 484 g/mol. The number of hydrogen-bond acceptors (Lipinski definition) is 2. The van der Waals surface area contributed by atoms with E-state index in [0.29, 0.717) is 22.0 Å². The first-order valence-electron chi connectivity index (χ1n) is 11.1. The lowest BCUT2D eigenvalue weighted by Crippen LogP contribution is -2.52. The van der Waals surface area contributed by atoms with Crippen molar-refractivity contribution in [1.29, 1.82) is 0 Å². The summed E-state index contributed by atoms with van der Waals surface area (Å²) in [6, 6.07) is 18.8. The summed E-state index contributed by atoms with van der Waals surface area (Å²) in [7, 11) is 0. The minimum Gasteiger partial charge on any atom is -0.350 e. The van der Waals surface area contributed by atoms with Crippen LogP contribution >= 0.6 is 23.2 Å². The zero-order valence-electron chi connectivity index (χ0n) is 19.5. The van der Waals surface area contributed by atoms with Crippen LogP contribution in [0, 0.1) is 0 Å². The van der Waals surface area contributed by atoms with Gasteiger partial charge in [-0.15, -0.1) is 0 Å². The van der Waals surface area contributed by atoms with Gasteiger partial charge in [-0.3, -0.25) is 9.59 Å². The Morgan fingerprint density at radius 3 is 2.21 bits per heavy atom. The number of carbonyl (C=O) groups is 2. The molecule has 4 nitrogen and oxygen atoms in total. The molecule has 6 heteroatoms. The molecule has 0 aromatic heterocycles. The second-order valence-corrected chi connectivity index (χ2v) is 10.1. The molecule has 0 spiro atoms. The standard InChI is InChI=1S/C27H30Cl2N2O2/c1-18(26(33)30-27(2,3)4)31(17-22-23(28)13-8-14-24(22)29)25(32)16-15-20-11-7-10-19-9-5-6-12-21(19)20/h5-14,18H,15-17H2,1-4H3,(H,30,33)/t18-/m1/s1. The van der Waals surface area contributed by atoms with E-state index in [1.807, 2.05) is 45.0 Å². The van der Waals surface area contributed by atoms with Crippen LogP contribution in [-0.2, 0) is 22.6 Å². The van der Waals surface area contributed by atoms with Crippen molar-refractivity contribution in [2.45, 2.75) is 58.7 Å². The molecule has 1 N–H and O–H groups in total. The quantitative estimate of drug-likeness (QED) is 0.420. The fraction of sp³-hybridized carbons (Fsp3) is 0.333. The molecule has 3 aromatic rings. The summed E-state index contributed by atoms with van der Waals surface area (Å²) in [5, 5.41) is 6.18. The minimum absolute atomic E-state index is 0.129. The number of carbonyl (C=O) groups excluding carboxylic acids is 2. The van der Waals surface area contributed by atoms with Crippen molar-refractivity contribution < 1.29 is 9.59 Å². The number of benzene rings is 3. The average Bonchev–Trinajstić information content (AvgIpc) is 2.75. The molecule has 0 aliphatic carbocycles. The molecule has 0 heterocycles. The van der Waals surface area contributed by atoms with Gasteiger partial charge in [-0.05, 0) is 62.6 Å². The number of hydrogen-bond donors (Lipinski definition) is 1. The molecule has 0 saturated carbocycles. The van der Waals surface area contributed by atoms with Crippen LogP contribution in [0.4, 0.5) is 0 Å². The normalized spacial score (nSPS) is 12.4. The molecule has 0 aliphatic rings. The first kappa shape index (κ1) is 25.1. The van der Waals surface area contributed by atoms with Gasteiger partial charge in [0.1, 0.15) is 6.04 Å². The van der Waals surface area contributed by atoms with Crippen LogP contribution in [0.2, 0.25) is 10.0 Å². The number of nitrogens with zero attached hydrogens (tertiary/aromatic N) is 1. The molecule has 0 radical (unpaired) electrons. The van der Waals surface area contributed by atoms with Gasteiger partial charge in [0.15, 0.2) is 0 Å². The van der Waals surface area contributed by atoms with Crippen LogP contribution < -0.4 is 5.32 Å². The Morgan fingerprint density at radius 1 is 0.939 bits per heavy atom. The van der Waals surface area contributed by atoms with Gasteiger partial charge >= 0.3 is 0 Å². The molecular weight excluding hydrogens is 455 g/mol. The number of fused-ring (bicyclic) bond motifs is 1. The van der Waals surface area contributed by atoms with Crippen LogP contribution in [0.1, 0.15) is 45.2 Å². The largest absolute Gasteiger partial charge is 0.350 e. The van der Waals surface area contributed by atoms with Crippen LogP contribution in [0.15, 0.2) is 60.7 Å². The topological polar surface area (TPSA) is 49.4 Å². The number of nitrogens with one attached hydrogen (secondary N) is 1. The maximum Gasteiger partial charge on any atom is 0.242 e. The van der Waals surface area contributed by atoms with Gasteiger partial charge in [-0.1, -0.05) is 71.7 Å². The molecule has 0 bridgehead atoms. The van der Waals surface area contributed by atoms with Gasteiger partial charge < -0.3 is 10.2 Å². The molecule has 0 saturated heterocycles. The summed E-state index contributed by atoms with van der Waals surface area (Å²) in [6.07, 6.45) is 0.837. The van der Waals surface area contributed by atoms with Gasteiger partial charge in [0, 0.05) is 34.1 Å². The molecule has 0 aliphatic heterocycles. The zero-order chi connectivity index (χ0) is 24.2. The van der Waals surface area contributed by atoms with Gasteiger partial charge in [-0.25, -0.2) is 0 Å². The highest BCUT2D eigenvalue weighted by molar-refractivity contribution is 6.36. The Labute approximate surface area is 205 Å². The van der Waals surface area contributed by atoms with Crippen LogP contribution in [0.5, 0.6) is 0 Å². The molecule has 2 amide bonds. The first-order valence-corrected chi connectivity index (χ1v) is 11.8. The second-order valence-electron chi connectivity index (χ2n) is 9.28. The predicted octanol–water partition coefficient (Wildman–Crippen LogP) is 6.41. The molecule has 3 rings (SSSR count). The Morgan fingerprint density at radius 2 is 1.55 bits per heavy atom. The lowest BCUT2D eigenvalue weighted by Gasteiger charge is -2.32. The van der Waals surface area contributed by atoms with Crippen molar-refractivity contribution in [3.63, 3.8) is 0 Å². The number of aryl methyl sites for hydroxylation is 1. The van der Waals surface area contributed by atoms with E-state index in [4.69, 9.17) is 23.2 Å². The van der Waals surface area contributed by atoms with E-state index in [1.54, 1.807) is 30.0 Å². The molecular formula is C27H30Cl2N2O2. The fourth-order valence-corrected chi connectivity index (χ4v) is 4.32. The third-order valence-electron chi connectivity index (χ3n) is 5.54. The SMILES string of the molecule is C[C@H](C(=O)NC(C)(C)C)N(Cc1c(Cl)cccc1Cl)C(=O)CCc1cccc2ccccc12. The smallest absolute Gasteiger partial charge is 0.242 e. The molecule has 0 unspecified atom stereocenters.